The Morgan fingerprint density at radius 3 is 2.06 bits per heavy atom. The van der Waals surface area contributed by atoms with Crippen LogP contribution in [-0.2, 0) is 9.47 Å². The Labute approximate surface area is 112 Å². The number of hydrogen-bond acceptors (Lipinski definition) is 4. The normalized spacial score (nSPS) is 17.3. The minimum atomic E-state index is 0.395. The Hall–Kier alpha value is -0.160. The standard InChI is InChI=1S/C14H30N2O2/c1-3-17-11-9-16(10-12-18-4-2)8-7-14(15)13-5-6-13/h13-14H,3-12,15H2,1-2H3. The molecule has 18 heavy (non-hydrogen) atoms. The molecular weight excluding hydrogens is 228 g/mol. The first-order valence-corrected chi connectivity index (χ1v) is 7.41. The van der Waals surface area contributed by atoms with Gasteiger partial charge >= 0.3 is 0 Å². The van der Waals surface area contributed by atoms with Gasteiger partial charge in [0.25, 0.3) is 0 Å². The molecule has 1 aliphatic rings. The van der Waals surface area contributed by atoms with E-state index in [4.69, 9.17) is 15.2 Å². The largest absolute Gasteiger partial charge is 0.380 e. The molecule has 0 radical (unpaired) electrons. The number of ether oxygens (including phenoxy) is 2. The zero-order valence-electron chi connectivity index (χ0n) is 12.1. The molecular formula is C14H30N2O2. The molecule has 0 spiro atoms. The fourth-order valence-corrected chi connectivity index (χ4v) is 2.10. The Bertz CT molecular complexity index is 188. The van der Waals surface area contributed by atoms with E-state index in [1.165, 1.54) is 12.8 Å². The molecule has 1 saturated carbocycles. The van der Waals surface area contributed by atoms with Gasteiger partial charge in [-0.3, -0.25) is 4.90 Å². The minimum absolute atomic E-state index is 0.395. The van der Waals surface area contributed by atoms with E-state index >= 15 is 0 Å². The third kappa shape index (κ3) is 7.31. The highest BCUT2D eigenvalue weighted by Gasteiger charge is 2.28. The van der Waals surface area contributed by atoms with Crippen molar-refractivity contribution in [1.82, 2.24) is 4.90 Å². The SMILES string of the molecule is CCOCCN(CCOCC)CCC(N)C1CC1. The third-order valence-corrected chi connectivity index (χ3v) is 3.52. The predicted molar refractivity (Wildman–Crippen MR) is 74.7 cm³/mol. The lowest BCUT2D eigenvalue weighted by molar-refractivity contribution is 0.0812. The molecule has 1 fully saturated rings. The second kappa shape index (κ2) is 9.73. The van der Waals surface area contributed by atoms with Crippen molar-refractivity contribution in [3.63, 3.8) is 0 Å². The van der Waals surface area contributed by atoms with E-state index in [0.717, 1.165) is 58.4 Å². The Morgan fingerprint density at radius 1 is 1.06 bits per heavy atom. The maximum Gasteiger partial charge on any atom is 0.0593 e. The first kappa shape index (κ1) is 15.9. The van der Waals surface area contributed by atoms with Crippen molar-refractivity contribution in [3.05, 3.63) is 0 Å². The van der Waals surface area contributed by atoms with Gasteiger partial charge in [-0.1, -0.05) is 0 Å². The summed E-state index contributed by atoms with van der Waals surface area (Å²) in [6.07, 6.45) is 3.76. The van der Waals surface area contributed by atoms with Crippen LogP contribution in [0.4, 0.5) is 0 Å². The summed E-state index contributed by atoms with van der Waals surface area (Å²) < 4.78 is 10.8. The highest BCUT2D eigenvalue weighted by molar-refractivity contribution is 4.84. The van der Waals surface area contributed by atoms with Crippen molar-refractivity contribution in [2.45, 2.75) is 39.2 Å². The summed E-state index contributed by atoms with van der Waals surface area (Å²) >= 11 is 0. The van der Waals surface area contributed by atoms with E-state index in [1.54, 1.807) is 0 Å². The van der Waals surface area contributed by atoms with Gasteiger partial charge in [0, 0.05) is 32.3 Å². The predicted octanol–water partition coefficient (Wildman–Crippen LogP) is 1.49. The Morgan fingerprint density at radius 2 is 1.61 bits per heavy atom. The van der Waals surface area contributed by atoms with Crippen LogP contribution < -0.4 is 5.73 Å². The van der Waals surface area contributed by atoms with E-state index in [9.17, 15) is 0 Å². The van der Waals surface area contributed by atoms with Crippen LogP contribution in [0.15, 0.2) is 0 Å². The van der Waals surface area contributed by atoms with Gasteiger partial charge in [0.15, 0.2) is 0 Å². The molecule has 0 aromatic heterocycles. The van der Waals surface area contributed by atoms with Crippen molar-refractivity contribution in [2.24, 2.45) is 11.7 Å². The second-order valence-electron chi connectivity index (χ2n) is 5.03. The average Bonchev–Trinajstić information content (AvgIpc) is 3.19. The molecule has 1 atom stereocenters. The van der Waals surface area contributed by atoms with E-state index < -0.39 is 0 Å². The van der Waals surface area contributed by atoms with E-state index in [0.29, 0.717) is 6.04 Å². The first-order valence-electron chi connectivity index (χ1n) is 7.41. The number of nitrogens with two attached hydrogens (primary N) is 1. The van der Waals surface area contributed by atoms with Crippen molar-refractivity contribution in [2.75, 3.05) is 46.1 Å². The summed E-state index contributed by atoms with van der Waals surface area (Å²) in [5, 5.41) is 0. The number of nitrogens with zero attached hydrogens (tertiary/aromatic N) is 1. The van der Waals surface area contributed by atoms with E-state index in [-0.39, 0.29) is 0 Å². The fraction of sp³-hybridized carbons (Fsp3) is 1.00. The summed E-state index contributed by atoms with van der Waals surface area (Å²) in [6.45, 7) is 10.3. The molecule has 0 aliphatic heterocycles. The van der Waals surface area contributed by atoms with Crippen molar-refractivity contribution >= 4 is 0 Å². The van der Waals surface area contributed by atoms with Crippen LogP contribution in [0, 0.1) is 5.92 Å². The van der Waals surface area contributed by atoms with Crippen LogP contribution in [0.1, 0.15) is 33.1 Å². The van der Waals surface area contributed by atoms with Crippen molar-refractivity contribution < 1.29 is 9.47 Å². The summed E-state index contributed by atoms with van der Waals surface area (Å²) in [5.41, 5.74) is 6.15. The molecule has 0 aromatic carbocycles. The van der Waals surface area contributed by atoms with Gasteiger partial charge in [-0.05, 0) is 45.6 Å². The summed E-state index contributed by atoms with van der Waals surface area (Å²) in [5.74, 6) is 0.797. The smallest absolute Gasteiger partial charge is 0.0593 e. The fourth-order valence-electron chi connectivity index (χ4n) is 2.10. The van der Waals surface area contributed by atoms with Crippen LogP contribution in [-0.4, -0.2) is 57.0 Å². The Kier molecular flexibility index (Phi) is 8.59. The van der Waals surface area contributed by atoms with Crippen LogP contribution in [0.5, 0.6) is 0 Å². The highest BCUT2D eigenvalue weighted by Crippen LogP contribution is 2.32. The topological polar surface area (TPSA) is 47.7 Å². The molecule has 0 bridgehead atoms. The average molecular weight is 258 g/mol. The van der Waals surface area contributed by atoms with Gasteiger partial charge in [0.2, 0.25) is 0 Å². The first-order chi connectivity index (χ1) is 8.77. The van der Waals surface area contributed by atoms with Crippen LogP contribution in [0.25, 0.3) is 0 Å². The summed E-state index contributed by atoms with van der Waals surface area (Å²) in [4.78, 5) is 2.41. The van der Waals surface area contributed by atoms with Gasteiger partial charge in [0.1, 0.15) is 0 Å². The molecule has 1 unspecified atom stereocenters. The lowest BCUT2D eigenvalue weighted by Crippen LogP contribution is -2.36. The van der Waals surface area contributed by atoms with Gasteiger partial charge in [-0.25, -0.2) is 0 Å². The maximum absolute atomic E-state index is 6.15. The maximum atomic E-state index is 6.15. The van der Waals surface area contributed by atoms with Crippen LogP contribution >= 0.6 is 0 Å². The number of hydrogen-bond donors (Lipinski definition) is 1. The quantitative estimate of drug-likeness (QED) is 0.539. The van der Waals surface area contributed by atoms with Crippen LogP contribution in [0.2, 0.25) is 0 Å². The molecule has 0 saturated heterocycles. The molecule has 1 aliphatic carbocycles. The zero-order valence-corrected chi connectivity index (χ0v) is 12.1. The molecule has 2 N–H and O–H groups in total. The second-order valence-corrected chi connectivity index (χ2v) is 5.03. The molecule has 4 heteroatoms. The highest BCUT2D eigenvalue weighted by atomic mass is 16.5. The van der Waals surface area contributed by atoms with E-state index in [1.807, 2.05) is 13.8 Å². The summed E-state index contributed by atoms with van der Waals surface area (Å²) in [7, 11) is 0. The molecule has 0 aromatic rings. The zero-order chi connectivity index (χ0) is 13.2. The van der Waals surface area contributed by atoms with Gasteiger partial charge < -0.3 is 15.2 Å². The lowest BCUT2D eigenvalue weighted by atomic mass is 10.1. The lowest BCUT2D eigenvalue weighted by Gasteiger charge is -2.23. The van der Waals surface area contributed by atoms with Crippen LogP contribution in [0.3, 0.4) is 0 Å². The Balaban J connectivity index is 2.14. The molecule has 0 heterocycles. The van der Waals surface area contributed by atoms with E-state index in [2.05, 4.69) is 4.90 Å². The monoisotopic (exact) mass is 258 g/mol. The van der Waals surface area contributed by atoms with Gasteiger partial charge in [-0.2, -0.15) is 0 Å². The molecule has 4 nitrogen and oxygen atoms in total. The molecule has 108 valence electrons. The van der Waals surface area contributed by atoms with Crippen molar-refractivity contribution in [3.8, 4) is 0 Å². The van der Waals surface area contributed by atoms with Crippen molar-refractivity contribution in [1.29, 1.82) is 0 Å². The van der Waals surface area contributed by atoms with Gasteiger partial charge in [-0.15, -0.1) is 0 Å². The minimum Gasteiger partial charge on any atom is -0.380 e. The van der Waals surface area contributed by atoms with Gasteiger partial charge in [0.05, 0.1) is 13.2 Å². The third-order valence-electron chi connectivity index (χ3n) is 3.52. The molecule has 1 rings (SSSR count). The summed E-state index contributed by atoms with van der Waals surface area (Å²) in [6, 6.07) is 0.395. The molecule has 0 amide bonds. The number of rotatable bonds is 12.